The molecule has 2 aliphatic rings. The Balaban J connectivity index is 0.00000171. The van der Waals surface area contributed by atoms with Gasteiger partial charge in [0.05, 0.1) is 12.6 Å². The van der Waals surface area contributed by atoms with Crippen LogP contribution in [0, 0.1) is 5.92 Å². The summed E-state index contributed by atoms with van der Waals surface area (Å²) in [5, 5.41) is 8.07. The molecule has 0 bridgehead atoms. The van der Waals surface area contributed by atoms with E-state index in [1.807, 2.05) is 30.3 Å². The Bertz CT molecular complexity index is 952. The van der Waals surface area contributed by atoms with E-state index in [1.54, 1.807) is 19.2 Å². The van der Waals surface area contributed by atoms with Crippen molar-refractivity contribution in [2.45, 2.75) is 37.5 Å². The molecule has 0 radical (unpaired) electrons. The van der Waals surface area contributed by atoms with Gasteiger partial charge in [-0.05, 0) is 30.9 Å². The van der Waals surface area contributed by atoms with Gasteiger partial charge in [0.1, 0.15) is 11.6 Å². The maximum Gasteiger partial charge on any atom is 0.332 e. The second-order valence-electron chi connectivity index (χ2n) is 7.50. The number of esters is 1. The van der Waals surface area contributed by atoms with Gasteiger partial charge in [0.2, 0.25) is 11.8 Å². The van der Waals surface area contributed by atoms with Crippen molar-refractivity contribution in [3.05, 3.63) is 49.2 Å². The number of rotatable bonds is 7. The van der Waals surface area contributed by atoms with E-state index in [4.69, 9.17) is 9.47 Å². The number of nitrogens with one attached hydrogen (secondary N) is 2. The number of amides is 1. The molecule has 4 rings (SSSR count). The molecular formula is C22H27Cl2N3O4. The van der Waals surface area contributed by atoms with Crippen LogP contribution in [0.1, 0.15) is 19.8 Å². The maximum atomic E-state index is 12.8. The van der Waals surface area contributed by atoms with E-state index in [9.17, 15) is 9.59 Å². The summed E-state index contributed by atoms with van der Waals surface area (Å²) >= 11 is 0. The van der Waals surface area contributed by atoms with Gasteiger partial charge >= 0.3 is 5.97 Å². The van der Waals surface area contributed by atoms with Gasteiger partial charge in [-0.1, -0.05) is 24.3 Å². The first-order chi connectivity index (χ1) is 14.1. The molecule has 1 aliphatic carbocycles. The second-order valence-corrected chi connectivity index (χ2v) is 7.50. The van der Waals surface area contributed by atoms with Crippen LogP contribution in [0.5, 0.6) is 5.88 Å². The molecule has 1 aliphatic heterocycles. The summed E-state index contributed by atoms with van der Waals surface area (Å²) in [5.41, 5.74) is -0.980. The van der Waals surface area contributed by atoms with Crippen LogP contribution >= 0.6 is 24.8 Å². The Morgan fingerprint density at radius 2 is 2.10 bits per heavy atom. The Hall–Kier alpha value is -2.35. The number of hydrogen-bond acceptors (Lipinski definition) is 6. The van der Waals surface area contributed by atoms with Gasteiger partial charge in [0.15, 0.2) is 0 Å². The van der Waals surface area contributed by atoms with Crippen LogP contribution in [0.15, 0.2) is 49.2 Å². The van der Waals surface area contributed by atoms with Crippen molar-refractivity contribution in [1.29, 1.82) is 0 Å². The summed E-state index contributed by atoms with van der Waals surface area (Å²) < 4.78 is 11.2. The molecular weight excluding hydrogens is 441 g/mol. The minimum absolute atomic E-state index is 0. The van der Waals surface area contributed by atoms with Crippen molar-refractivity contribution in [2.75, 3.05) is 13.2 Å². The molecule has 7 nitrogen and oxygen atoms in total. The summed E-state index contributed by atoms with van der Waals surface area (Å²) in [5.74, 6) is -0.157. The predicted molar refractivity (Wildman–Crippen MR) is 123 cm³/mol. The summed E-state index contributed by atoms with van der Waals surface area (Å²) in [4.78, 5) is 29.5. The van der Waals surface area contributed by atoms with Crippen LogP contribution in [0.2, 0.25) is 0 Å². The lowest BCUT2D eigenvalue weighted by molar-refractivity contribution is -0.149. The molecule has 2 aromatic rings. The molecule has 1 amide bonds. The van der Waals surface area contributed by atoms with Crippen LogP contribution < -0.4 is 15.4 Å². The van der Waals surface area contributed by atoms with Gasteiger partial charge < -0.3 is 20.1 Å². The van der Waals surface area contributed by atoms with Gasteiger partial charge in [-0.3, -0.25) is 4.79 Å². The normalized spacial score (nSPS) is 26.2. The molecule has 1 saturated carbocycles. The first-order valence-corrected chi connectivity index (χ1v) is 9.93. The molecule has 168 valence electrons. The number of carbonyl (C=O) groups excluding carboxylic acids is 2. The van der Waals surface area contributed by atoms with E-state index in [0.29, 0.717) is 25.3 Å². The quantitative estimate of drug-likeness (QED) is 0.480. The SMILES string of the molecule is C=CC1CC1(NC(=O)C1CC(Oc2nccc3ccccc23)CN1)C(=O)OCC.Cl.Cl. The molecule has 1 saturated heterocycles. The van der Waals surface area contributed by atoms with Gasteiger partial charge in [0, 0.05) is 30.5 Å². The van der Waals surface area contributed by atoms with Crippen molar-refractivity contribution in [3.8, 4) is 5.88 Å². The largest absolute Gasteiger partial charge is 0.472 e. The van der Waals surface area contributed by atoms with Crippen LogP contribution in [0.3, 0.4) is 0 Å². The number of carbonyl (C=O) groups is 2. The Morgan fingerprint density at radius 3 is 2.81 bits per heavy atom. The number of benzene rings is 1. The lowest BCUT2D eigenvalue weighted by atomic mass is 10.1. The fourth-order valence-corrected chi connectivity index (χ4v) is 3.91. The lowest BCUT2D eigenvalue weighted by Gasteiger charge is -2.20. The Labute approximate surface area is 193 Å². The minimum atomic E-state index is -0.980. The number of hydrogen-bond donors (Lipinski definition) is 2. The summed E-state index contributed by atoms with van der Waals surface area (Å²) in [7, 11) is 0. The van der Waals surface area contributed by atoms with Crippen molar-refractivity contribution in [2.24, 2.45) is 5.92 Å². The highest BCUT2D eigenvalue weighted by Gasteiger charge is 2.61. The fraction of sp³-hybridized carbons (Fsp3) is 0.409. The topological polar surface area (TPSA) is 89.5 Å². The third-order valence-electron chi connectivity index (χ3n) is 5.61. The van der Waals surface area contributed by atoms with E-state index < -0.39 is 17.6 Å². The van der Waals surface area contributed by atoms with Gasteiger partial charge in [0.25, 0.3) is 0 Å². The second kappa shape index (κ2) is 10.3. The number of fused-ring (bicyclic) bond motifs is 1. The maximum absolute atomic E-state index is 12.8. The van der Waals surface area contributed by atoms with Crippen molar-refractivity contribution in [1.82, 2.24) is 15.6 Å². The fourth-order valence-electron chi connectivity index (χ4n) is 3.91. The zero-order valence-corrected chi connectivity index (χ0v) is 18.8. The molecule has 2 fully saturated rings. The highest BCUT2D eigenvalue weighted by atomic mass is 35.5. The van der Waals surface area contributed by atoms with E-state index >= 15 is 0 Å². The molecule has 1 aromatic carbocycles. The van der Waals surface area contributed by atoms with Crippen LogP contribution in [0.25, 0.3) is 10.8 Å². The van der Waals surface area contributed by atoms with E-state index in [2.05, 4.69) is 22.2 Å². The molecule has 9 heteroatoms. The lowest BCUT2D eigenvalue weighted by Crippen LogP contribution is -2.51. The molecule has 0 spiro atoms. The zero-order valence-electron chi connectivity index (χ0n) is 17.2. The molecule has 31 heavy (non-hydrogen) atoms. The first-order valence-electron chi connectivity index (χ1n) is 9.93. The van der Waals surface area contributed by atoms with Crippen LogP contribution in [0.4, 0.5) is 0 Å². The highest BCUT2D eigenvalue weighted by Crippen LogP contribution is 2.45. The predicted octanol–water partition coefficient (Wildman–Crippen LogP) is 2.81. The van der Waals surface area contributed by atoms with E-state index in [-0.39, 0.29) is 49.4 Å². The number of aromatic nitrogens is 1. The van der Waals surface area contributed by atoms with Crippen molar-refractivity contribution >= 4 is 47.5 Å². The van der Waals surface area contributed by atoms with Gasteiger partial charge in [-0.2, -0.15) is 0 Å². The number of pyridine rings is 1. The third kappa shape index (κ3) is 4.95. The molecule has 4 atom stereocenters. The third-order valence-corrected chi connectivity index (χ3v) is 5.61. The standard InChI is InChI=1S/C22H25N3O4.2ClH/c1-3-15-12-22(15,21(27)28-4-2)25-19(26)18-11-16(13-24-18)29-20-17-8-6-5-7-14(17)9-10-23-20;;/h3,5-10,15-16,18,24H,1,4,11-13H2,2H3,(H,25,26);2*1H. The molecule has 4 unspecified atom stereocenters. The number of halogens is 2. The average Bonchev–Trinajstić information content (AvgIpc) is 3.25. The zero-order chi connectivity index (χ0) is 20.4. The number of ether oxygens (including phenoxy) is 2. The minimum Gasteiger partial charge on any atom is -0.472 e. The summed E-state index contributed by atoms with van der Waals surface area (Å²) in [6.45, 7) is 6.30. The molecule has 1 aromatic heterocycles. The highest BCUT2D eigenvalue weighted by molar-refractivity contribution is 5.93. The van der Waals surface area contributed by atoms with Crippen LogP contribution in [-0.4, -0.2) is 47.7 Å². The average molecular weight is 468 g/mol. The monoisotopic (exact) mass is 467 g/mol. The van der Waals surface area contributed by atoms with E-state index in [1.165, 1.54) is 0 Å². The Kier molecular flexibility index (Phi) is 8.28. The molecule has 2 N–H and O–H groups in total. The number of nitrogens with zero attached hydrogens (tertiary/aromatic N) is 1. The van der Waals surface area contributed by atoms with E-state index in [0.717, 1.165) is 10.8 Å². The van der Waals surface area contributed by atoms with Crippen LogP contribution in [-0.2, 0) is 14.3 Å². The van der Waals surface area contributed by atoms with Gasteiger partial charge in [-0.15, -0.1) is 31.4 Å². The Morgan fingerprint density at radius 1 is 1.32 bits per heavy atom. The molecule has 2 heterocycles. The first kappa shape index (κ1) is 24.9. The summed E-state index contributed by atoms with van der Waals surface area (Å²) in [6.07, 6.45) is 4.24. The summed E-state index contributed by atoms with van der Waals surface area (Å²) in [6, 6.07) is 9.39. The smallest absolute Gasteiger partial charge is 0.332 e. The van der Waals surface area contributed by atoms with Gasteiger partial charge in [-0.25, -0.2) is 9.78 Å². The van der Waals surface area contributed by atoms with Crippen molar-refractivity contribution in [3.63, 3.8) is 0 Å². The van der Waals surface area contributed by atoms with Crippen molar-refractivity contribution < 1.29 is 19.1 Å².